The van der Waals surface area contributed by atoms with E-state index >= 15 is 0 Å². The first-order valence-electron chi connectivity index (χ1n) is 37.3. The van der Waals surface area contributed by atoms with Crippen molar-refractivity contribution >= 4 is 108 Å². The number of fused-ring (bicyclic) bond motifs is 8. The van der Waals surface area contributed by atoms with Crippen molar-refractivity contribution in [2.45, 2.75) is 196 Å². The highest BCUT2D eigenvalue weighted by atomic mass is 15.2. The van der Waals surface area contributed by atoms with Gasteiger partial charge in [-0.05, 0) is 214 Å². The molecule has 0 radical (unpaired) electrons. The third-order valence-corrected chi connectivity index (χ3v) is 22.9. The summed E-state index contributed by atoms with van der Waals surface area (Å²) in [5.74, 6) is 0. The van der Waals surface area contributed by atoms with Crippen LogP contribution in [-0.2, 0) is 43.3 Å². The molecule has 516 valence electrons. The van der Waals surface area contributed by atoms with E-state index in [-0.39, 0.29) is 50.0 Å². The van der Waals surface area contributed by atoms with Gasteiger partial charge in [-0.25, -0.2) is 0 Å². The van der Waals surface area contributed by atoms with Crippen LogP contribution in [0, 0.1) is 0 Å². The van der Waals surface area contributed by atoms with Gasteiger partial charge in [0, 0.05) is 67.7 Å². The molecule has 0 amide bonds. The van der Waals surface area contributed by atoms with Gasteiger partial charge in [-0.2, -0.15) is 0 Å². The molecule has 0 bridgehead atoms. The van der Waals surface area contributed by atoms with Crippen molar-refractivity contribution in [3.8, 4) is 0 Å². The van der Waals surface area contributed by atoms with Crippen molar-refractivity contribution in [1.29, 1.82) is 0 Å². The largest absolute Gasteiger partial charge is 0.311 e. The Balaban J connectivity index is 1.12. The molecule has 5 nitrogen and oxygen atoms in total. The molecule has 4 aliphatic heterocycles. The van der Waals surface area contributed by atoms with Crippen LogP contribution >= 0.6 is 0 Å². The van der Waals surface area contributed by atoms with E-state index in [4.69, 9.17) is 0 Å². The molecular formula is C96H104BN5. The zero-order valence-corrected chi connectivity index (χ0v) is 64.8. The molecule has 102 heavy (non-hydrogen) atoms. The Labute approximate surface area is 611 Å². The van der Waals surface area contributed by atoms with Crippen molar-refractivity contribution in [2.75, 3.05) is 24.5 Å². The fourth-order valence-electron chi connectivity index (χ4n) is 16.7. The third-order valence-electron chi connectivity index (χ3n) is 22.9. The SMILES string of the molecule is CC(C)(C)c1ccc(N(c2ccc(C(C)(C)C)cc2)c2cc3c4c(c2)N(c2cc(C(C)(C)C)cc(C(C)(C)C)c2)c2cc(N5c6ccccc6C(C)(C)c6ccccc65)ccc2B4c2ccc(N4c5ccccc5C(C)(C)c5ccccc54)cc2N3c2cc(C(C)(C)C)cc(C(C)(C)C)c2)cc1. The van der Waals surface area contributed by atoms with Crippen LogP contribution < -0.4 is 40.9 Å². The Morgan fingerprint density at radius 1 is 0.245 bits per heavy atom. The van der Waals surface area contributed by atoms with Crippen LogP contribution in [0.15, 0.2) is 231 Å². The van der Waals surface area contributed by atoms with Gasteiger partial charge in [0.25, 0.3) is 6.71 Å². The lowest BCUT2D eigenvalue weighted by Crippen LogP contribution is -2.61. The van der Waals surface area contributed by atoms with Crippen molar-refractivity contribution in [2.24, 2.45) is 0 Å². The van der Waals surface area contributed by atoms with E-state index in [1.54, 1.807) is 0 Å². The number of nitrogens with zero attached hydrogens (tertiary/aromatic N) is 5. The zero-order chi connectivity index (χ0) is 72.5. The first-order valence-corrected chi connectivity index (χ1v) is 37.3. The number of hydrogen-bond acceptors (Lipinski definition) is 5. The van der Waals surface area contributed by atoms with Gasteiger partial charge in [0.05, 0.1) is 28.4 Å². The summed E-state index contributed by atoms with van der Waals surface area (Å²) < 4.78 is 0. The van der Waals surface area contributed by atoms with E-state index in [2.05, 4.69) is 407 Å². The van der Waals surface area contributed by atoms with Crippen LogP contribution in [0.2, 0.25) is 0 Å². The number of hydrogen-bond donors (Lipinski definition) is 0. The summed E-state index contributed by atoms with van der Waals surface area (Å²) >= 11 is 0. The number of para-hydroxylation sites is 4. The molecule has 0 atom stereocenters. The van der Waals surface area contributed by atoms with E-state index in [0.717, 1.165) is 62.6 Å². The summed E-state index contributed by atoms with van der Waals surface area (Å²) in [6, 6.07) is 90.5. The van der Waals surface area contributed by atoms with Gasteiger partial charge < -0.3 is 24.5 Å². The van der Waals surface area contributed by atoms with Crippen LogP contribution in [0.3, 0.4) is 0 Å². The number of anilines is 15. The van der Waals surface area contributed by atoms with Crippen molar-refractivity contribution in [3.63, 3.8) is 0 Å². The summed E-state index contributed by atoms with van der Waals surface area (Å²) in [4.78, 5) is 13.0. The molecule has 4 heterocycles. The monoisotopic (exact) mass is 1340 g/mol. The topological polar surface area (TPSA) is 16.2 Å². The fourth-order valence-corrected chi connectivity index (χ4v) is 16.7. The zero-order valence-electron chi connectivity index (χ0n) is 64.8. The van der Waals surface area contributed by atoms with E-state index in [9.17, 15) is 0 Å². The minimum Gasteiger partial charge on any atom is -0.311 e. The predicted octanol–water partition coefficient (Wildman–Crippen LogP) is 25.2. The second-order valence-electron chi connectivity index (χ2n) is 36.9. The number of benzene rings is 11. The van der Waals surface area contributed by atoms with Gasteiger partial charge in [-0.15, -0.1) is 0 Å². The predicted molar refractivity (Wildman–Crippen MR) is 441 cm³/mol. The normalized spacial score (nSPS) is 15.2. The first-order chi connectivity index (χ1) is 47.9. The van der Waals surface area contributed by atoms with Crippen LogP contribution in [-0.4, -0.2) is 6.71 Å². The second-order valence-corrected chi connectivity index (χ2v) is 36.9. The molecule has 4 aliphatic rings. The van der Waals surface area contributed by atoms with Gasteiger partial charge in [-0.3, -0.25) is 0 Å². The smallest absolute Gasteiger partial charge is 0.252 e. The Morgan fingerprint density at radius 2 is 0.520 bits per heavy atom. The molecule has 11 aromatic carbocycles. The molecule has 0 unspecified atom stereocenters. The van der Waals surface area contributed by atoms with E-state index in [1.165, 1.54) is 94.8 Å². The molecular weight excluding hydrogens is 1230 g/mol. The van der Waals surface area contributed by atoms with Crippen LogP contribution in [0.25, 0.3) is 0 Å². The molecule has 15 rings (SSSR count). The lowest BCUT2D eigenvalue weighted by Gasteiger charge is -2.47. The van der Waals surface area contributed by atoms with Gasteiger partial charge in [0.2, 0.25) is 0 Å². The van der Waals surface area contributed by atoms with Gasteiger partial charge in [-0.1, -0.05) is 274 Å². The lowest BCUT2D eigenvalue weighted by molar-refractivity contribution is 0.568. The van der Waals surface area contributed by atoms with Crippen molar-refractivity contribution in [3.05, 3.63) is 286 Å². The quantitative estimate of drug-likeness (QED) is 0.147. The van der Waals surface area contributed by atoms with E-state index in [0.29, 0.717) is 0 Å². The fraction of sp³-hybridized carbons (Fsp3) is 0.312. The summed E-state index contributed by atoms with van der Waals surface area (Å²) in [5.41, 5.74) is 32.7. The minimum atomic E-state index is -0.233. The molecule has 0 N–H and O–H groups in total. The average molecular weight is 1340 g/mol. The minimum absolute atomic E-state index is 0.0493. The molecule has 0 aromatic heterocycles. The Kier molecular flexibility index (Phi) is 15.7. The third kappa shape index (κ3) is 11.4. The molecule has 0 spiro atoms. The number of rotatable bonds is 7. The molecule has 0 saturated heterocycles. The summed E-state index contributed by atoms with van der Waals surface area (Å²) in [5, 5.41) is 0. The average Bonchev–Trinajstić information content (AvgIpc) is 0.690. The maximum atomic E-state index is 2.70. The summed E-state index contributed by atoms with van der Waals surface area (Å²) in [7, 11) is 0. The summed E-state index contributed by atoms with van der Waals surface area (Å²) in [6.45, 7) is 51.8. The molecule has 11 aromatic rings. The highest BCUT2D eigenvalue weighted by molar-refractivity contribution is 7.00. The maximum absolute atomic E-state index is 2.70. The highest BCUT2D eigenvalue weighted by Crippen LogP contribution is 2.57. The Morgan fingerprint density at radius 3 is 0.804 bits per heavy atom. The van der Waals surface area contributed by atoms with E-state index < -0.39 is 0 Å². The molecule has 0 aliphatic carbocycles. The Bertz CT molecular complexity index is 4660. The summed E-state index contributed by atoms with van der Waals surface area (Å²) in [6.07, 6.45) is 0. The standard InChI is InChI=1S/C96H104BN5/c1-89(2,3)61-39-43-67(44-40-61)98(68-45-41-62(42-46-68)90(4,5)6)73-59-86-88-87(60-73)102(72-55-65(93(13,14)15)52-66(56-72)94(16,17)18)85-58-70(100-82-37-29-25-33-76(82)96(21,22)77-34-26-30-38-83(77)100)48-50-79(85)97(88)78-49-47-69(99-80-35-27-23-31-74(80)95(19,20)75-32-24-28-36-81(75)99)57-84(78)101(86)71-53-63(91(7,8)9)51-64(54-71)92(10,11)12/h23-60H,1-22H3. The van der Waals surface area contributed by atoms with E-state index in [1.807, 2.05) is 0 Å². The Hall–Kier alpha value is -9.52. The van der Waals surface area contributed by atoms with Gasteiger partial charge >= 0.3 is 0 Å². The molecule has 0 saturated carbocycles. The van der Waals surface area contributed by atoms with Crippen molar-refractivity contribution in [1.82, 2.24) is 0 Å². The highest BCUT2D eigenvalue weighted by Gasteiger charge is 2.47. The van der Waals surface area contributed by atoms with Crippen LogP contribution in [0.5, 0.6) is 0 Å². The first kappa shape index (κ1) is 68.3. The van der Waals surface area contributed by atoms with Gasteiger partial charge in [0.15, 0.2) is 0 Å². The van der Waals surface area contributed by atoms with Gasteiger partial charge in [0.1, 0.15) is 0 Å². The molecule has 0 fully saturated rings. The van der Waals surface area contributed by atoms with Crippen LogP contribution in [0.4, 0.5) is 85.3 Å². The van der Waals surface area contributed by atoms with Crippen LogP contribution in [0.1, 0.15) is 208 Å². The lowest BCUT2D eigenvalue weighted by atomic mass is 9.33. The molecule has 6 heteroatoms. The second kappa shape index (κ2) is 23.5. The van der Waals surface area contributed by atoms with Crippen molar-refractivity contribution < 1.29 is 0 Å². The maximum Gasteiger partial charge on any atom is 0.252 e.